The van der Waals surface area contributed by atoms with Crippen LogP contribution in [0.25, 0.3) is 5.00 Å². The number of hydrogen-bond acceptors (Lipinski definition) is 7. The third-order valence-corrected chi connectivity index (χ3v) is 6.99. The van der Waals surface area contributed by atoms with E-state index in [9.17, 15) is 4.79 Å². The number of benzene rings is 1. The van der Waals surface area contributed by atoms with E-state index in [0.29, 0.717) is 10.8 Å². The van der Waals surface area contributed by atoms with Crippen molar-refractivity contribution >= 4 is 34.6 Å². The first-order valence-electron chi connectivity index (χ1n) is 10.2. The Morgan fingerprint density at radius 2 is 1.97 bits per heavy atom. The Labute approximate surface area is 195 Å². The average Bonchev–Trinajstić information content (AvgIpc) is 3.25. The molecule has 0 saturated heterocycles. The summed E-state index contributed by atoms with van der Waals surface area (Å²) in [7, 11) is 3.29. The number of thiophene rings is 1. The summed E-state index contributed by atoms with van der Waals surface area (Å²) in [6.07, 6.45) is 0.139. The second kappa shape index (κ2) is 9.11. The molecule has 3 aromatic rings. The second-order valence-corrected chi connectivity index (χ2v) is 9.32. The zero-order valence-corrected chi connectivity index (χ0v) is 20.2. The zero-order chi connectivity index (χ0) is 23.0. The number of carbonyl (C=O) groups is 1. The maximum atomic E-state index is 12.7. The molecule has 1 unspecified atom stereocenters. The minimum Gasteiger partial charge on any atom is -0.341 e. The third kappa shape index (κ3) is 4.21. The highest BCUT2D eigenvalue weighted by molar-refractivity contribution is 7.15. The molecule has 10 heteroatoms. The number of hydrogen-bond donors (Lipinski definition) is 1. The van der Waals surface area contributed by atoms with Gasteiger partial charge in [-0.2, -0.15) is 5.06 Å². The van der Waals surface area contributed by atoms with Crippen LogP contribution < -0.4 is 5.32 Å². The fourth-order valence-electron chi connectivity index (χ4n) is 3.64. The van der Waals surface area contributed by atoms with E-state index in [1.165, 1.54) is 9.94 Å². The number of nitrogens with one attached hydrogen (secondary N) is 1. The molecule has 0 saturated carbocycles. The van der Waals surface area contributed by atoms with E-state index in [1.807, 2.05) is 35.8 Å². The molecule has 0 radical (unpaired) electrons. The van der Waals surface area contributed by atoms with Crippen LogP contribution in [0.5, 0.6) is 0 Å². The van der Waals surface area contributed by atoms with Crippen LogP contribution in [0.3, 0.4) is 0 Å². The predicted octanol–water partition coefficient (Wildman–Crippen LogP) is 3.76. The molecule has 1 aromatic carbocycles. The number of aliphatic imine (C=N–C) groups is 1. The molecule has 0 aliphatic carbocycles. The Kier molecular flexibility index (Phi) is 6.43. The molecule has 168 valence electrons. The lowest BCUT2D eigenvalue weighted by Crippen LogP contribution is -2.35. The van der Waals surface area contributed by atoms with Crippen molar-refractivity contribution < 1.29 is 9.63 Å². The molecule has 2 aromatic heterocycles. The molecule has 1 amide bonds. The van der Waals surface area contributed by atoms with Crippen molar-refractivity contribution in [2.24, 2.45) is 4.99 Å². The molecule has 1 aliphatic heterocycles. The van der Waals surface area contributed by atoms with Crippen LogP contribution in [0.1, 0.15) is 45.7 Å². The predicted molar refractivity (Wildman–Crippen MR) is 126 cm³/mol. The smallest absolute Gasteiger partial charge is 0.223 e. The fraction of sp³-hybridized carbons (Fsp3) is 0.364. The van der Waals surface area contributed by atoms with Crippen LogP contribution in [0.15, 0.2) is 29.3 Å². The van der Waals surface area contributed by atoms with Gasteiger partial charge >= 0.3 is 0 Å². The molecule has 1 aliphatic rings. The summed E-state index contributed by atoms with van der Waals surface area (Å²) >= 11 is 7.82. The van der Waals surface area contributed by atoms with Crippen molar-refractivity contribution in [2.45, 2.75) is 33.2 Å². The van der Waals surface area contributed by atoms with Crippen LogP contribution in [-0.4, -0.2) is 52.3 Å². The van der Waals surface area contributed by atoms with E-state index in [0.717, 1.165) is 33.2 Å². The van der Waals surface area contributed by atoms with Crippen molar-refractivity contribution in [3.05, 3.63) is 62.5 Å². The van der Waals surface area contributed by atoms with Crippen LogP contribution in [0.2, 0.25) is 5.02 Å². The molecule has 1 N–H and O–H groups in total. The first-order valence-corrected chi connectivity index (χ1v) is 11.4. The molecule has 1 atom stereocenters. The highest BCUT2D eigenvalue weighted by Gasteiger charge is 2.32. The number of carbonyl (C=O) groups excluding carboxylic acids is 1. The number of aryl methyl sites for hydroxylation is 2. The van der Waals surface area contributed by atoms with E-state index in [1.54, 1.807) is 25.5 Å². The van der Waals surface area contributed by atoms with E-state index >= 15 is 0 Å². The maximum absolute atomic E-state index is 12.7. The van der Waals surface area contributed by atoms with Gasteiger partial charge in [-0.05, 0) is 38.5 Å². The Morgan fingerprint density at radius 3 is 2.66 bits per heavy atom. The van der Waals surface area contributed by atoms with Crippen LogP contribution in [0, 0.1) is 20.8 Å². The van der Waals surface area contributed by atoms with Gasteiger partial charge in [-0.3, -0.25) is 14.4 Å². The van der Waals surface area contributed by atoms with E-state index in [2.05, 4.69) is 29.4 Å². The second-order valence-electron chi connectivity index (χ2n) is 7.68. The first-order chi connectivity index (χ1) is 15.3. The molecular weight excluding hydrogens is 448 g/mol. The van der Waals surface area contributed by atoms with Crippen molar-refractivity contribution in [1.29, 1.82) is 0 Å². The fourth-order valence-corrected chi connectivity index (χ4v) is 4.98. The summed E-state index contributed by atoms with van der Waals surface area (Å²) in [6, 6.07) is 7.13. The first kappa shape index (κ1) is 22.6. The van der Waals surface area contributed by atoms with Gasteiger partial charge in [-0.15, -0.1) is 21.5 Å². The minimum absolute atomic E-state index is 0.139. The standard InChI is InChI=1S/C22H25ClN6O2S/c1-12-13(2)32-22-19(12)20(15-6-8-16(23)9-7-15)25-17(21-27-26-14(3)29(21)22)10-18(30)24-11-28(4)31-5/h6-9,17H,10-11H2,1-5H3,(H,24,30). The molecule has 4 rings (SSSR count). The van der Waals surface area contributed by atoms with Crippen molar-refractivity contribution in [1.82, 2.24) is 25.1 Å². The summed E-state index contributed by atoms with van der Waals surface area (Å²) in [6.45, 7) is 6.39. The monoisotopic (exact) mass is 472 g/mol. The Morgan fingerprint density at radius 1 is 1.25 bits per heavy atom. The van der Waals surface area contributed by atoms with E-state index in [4.69, 9.17) is 21.4 Å². The molecule has 0 fully saturated rings. The summed E-state index contributed by atoms with van der Waals surface area (Å²) < 4.78 is 2.03. The number of rotatable bonds is 6. The van der Waals surface area contributed by atoms with Crippen LogP contribution in [0.4, 0.5) is 0 Å². The minimum atomic E-state index is -0.492. The Hall–Kier alpha value is -2.59. The lowest BCUT2D eigenvalue weighted by atomic mass is 9.99. The number of aromatic nitrogens is 3. The van der Waals surface area contributed by atoms with Gasteiger partial charge in [0, 0.05) is 28.1 Å². The zero-order valence-electron chi connectivity index (χ0n) is 18.6. The van der Waals surface area contributed by atoms with Gasteiger partial charge in [0.1, 0.15) is 16.9 Å². The lowest BCUT2D eigenvalue weighted by Gasteiger charge is -2.16. The van der Waals surface area contributed by atoms with Crippen LogP contribution >= 0.6 is 22.9 Å². The van der Waals surface area contributed by atoms with Gasteiger partial charge in [0.15, 0.2) is 5.82 Å². The normalized spacial score (nSPS) is 15.2. The number of amides is 1. The number of hydroxylamine groups is 2. The van der Waals surface area contributed by atoms with Crippen molar-refractivity contribution in [2.75, 3.05) is 20.8 Å². The summed E-state index contributed by atoms with van der Waals surface area (Å²) in [5.74, 6) is 1.27. The Balaban J connectivity index is 1.83. The van der Waals surface area contributed by atoms with Gasteiger partial charge in [-0.25, -0.2) is 0 Å². The number of nitrogens with zero attached hydrogens (tertiary/aromatic N) is 5. The molecule has 0 bridgehead atoms. The molecule has 8 nitrogen and oxygen atoms in total. The van der Waals surface area contributed by atoms with Gasteiger partial charge in [0.05, 0.1) is 25.9 Å². The lowest BCUT2D eigenvalue weighted by molar-refractivity contribution is -0.134. The van der Waals surface area contributed by atoms with E-state index in [-0.39, 0.29) is 19.0 Å². The van der Waals surface area contributed by atoms with Gasteiger partial charge in [-0.1, -0.05) is 23.7 Å². The van der Waals surface area contributed by atoms with Gasteiger partial charge in [0.25, 0.3) is 0 Å². The number of fused-ring (bicyclic) bond motifs is 3. The highest BCUT2D eigenvalue weighted by Crippen LogP contribution is 2.39. The number of halogens is 1. The Bertz CT molecular complexity index is 1180. The SMILES string of the molecule is CON(C)CNC(=O)CC1N=C(c2ccc(Cl)cc2)c2c(sc(C)c2C)-n2c(C)nnc21. The summed E-state index contributed by atoms with van der Waals surface area (Å²) in [5.41, 5.74) is 3.97. The molecular formula is C22H25ClN6O2S. The van der Waals surface area contributed by atoms with Crippen molar-refractivity contribution in [3.8, 4) is 5.00 Å². The average molecular weight is 473 g/mol. The molecule has 0 spiro atoms. The summed E-state index contributed by atoms with van der Waals surface area (Å²) in [5, 5.41) is 14.8. The van der Waals surface area contributed by atoms with Gasteiger partial charge < -0.3 is 10.2 Å². The van der Waals surface area contributed by atoms with E-state index < -0.39 is 6.04 Å². The maximum Gasteiger partial charge on any atom is 0.223 e. The third-order valence-electron chi connectivity index (χ3n) is 5.55. The molecule has 3 heterocycles. The topological polar surface area (TPSA) is 84.6 Å². The van der Waals surface area contributed by atoms with Crippen LogP contribution in [-0.2, 0) is 9.63 Å². The highest BCUT2D eigenvalue weighted by atomic mass is 35.5. The van der Waals surface area contributed by atoms with Crippen molar-refractivity contribution in [3.63, 3.8) is 0 Å². The molecule has 32 heavy (non-hydrogen) atoms. The van der Waals surface area contributed by atoms with Gasteiger partial charge in [0.2, 0.25) is 5.91 Å². The quantitative estimate of drug-likeness (QED) is 0.436. The largest absolute Gasteiger partial charge is 0.341 e. The summed E-state index contributed by atoms with van der Waals surface area (Å²) in [4.78, 5) is 24.1.